The predicted molar refractivity (Wildman–Crippen MR) is 128 cm³/mol. The van der Waals surface area contributed by atoms with Gasteiger partial charge in [-0.05, 0) is 50.8 Å². The van der Waals surface area contributed by atoms with Gasteiger partial charge in [0, 0.05) is 12.8 Å². The Labute approximate surface area is 206 Å². The van der Waals surface area contributed by atoms with E-state index in [1.54, 1.807) is 33.8 Å². The Morgan fingerprint density at radius 2 is 1.46 bits per heavy atom. The van der Waals surface area contributed by atoms with Gasteiger partial charge in [0.1, 0.15) is 18.2 Å². The van der Waals surface area contributed by atoms with Crippen LogP contribution in [0.5, 0.6) is 11.5 Å². The molecule has 0 bridgehead atoms. The molecule has 1 saturated carbocycles. The Morgan fingerprint density at radius 1 is 0.886 bits per heavy atom. The summed E-state index contributed by atoms with van der Waals surface area (Å²) < 4.78 is 21.5. The highest BCUT2D eigenvalue weighted by Crippen LogP contribution is 2.30. The Kier molecular flexibility index (Phi) is 11.2. The van der Waals surface area contributed by atoms with E-state index in [-0.39, 0.29) is 42.6 Å². The van der Waals surface area contributed by atoms with Gasteiger partial charge in [0.15, 0.2) is 11.5 Å². The smallest absolute Gasteiger partial charge is 0.323 e. The normalized spacial score (nSPS) is 16.5. The molecule has 1 aromatic rings. The van der Waals surface area contributed by atoms with E-state index in [4.69, 9.17) is 24.7 Å². The molecule has 1 aliphatic rings. The molecule has 194 valence electrons. The van der Waals surface area contributed by atoms with E-state index in [0.29, 0.717) is 5.56 Å². The molecule has 0 aliphatic heterocycles. The van der Waals surface area contributed by atoms with Gasteiger partial charge < -0.3 is 24.7 Å². The molecule has 9 heteroatoms. The zero-order valence-electron chi connectivity index (χ0n) is 21.0. The SMILES string of the molecule is CCC(=O)Oc1ccc(C[C@H](N)C(=O)O[C@@H](C)[C@H](C)OC(=O)C2CCCCC2)cc1OC(=O)CC. The minimum atomic E-state index is -1.00. The second-order valence-corrected chi connectivity index (χ2v) is 8.87. The maximum absolute atomic E-state index is 12.6. The summed E-state index contributed by atoms with van der Waals surface area (Å²) in [6.07, 6.45) is 3.97. The Morgan fingerprint density at radius 3 is 2.06 bits per heavy atom. The molecule has 1 aliphatic carbocycles. The lowest BCUT2D eigenvalue weighted by molar-refractivity contribution is -0.169. The monoisotopic (exact) mass is 491 g/mol. The van der Waals surface area contributed by atoms with Crippen molar-refractivity contribution in [3.63, 3.8) is 0 Å². The average molecular weight is 492 g/mol. The number of rotatable bonds is 11. The molecule has 0 spiro atoms. The van der Waals surface area contributed by atoms with Crippen LogP contribution in [0.15, 0.2) is 18.2 Å². The fourth-order valence-electron chi connectivity index (χ4n) is 3.65. The van der Waals surface area contributed by atoms with Crippen LogP contribution in [0.25, 0.3) is 0 Å². The lowest BCUT2D eigenvalue weighted by Crippen LogP contribution is -2.40. The molecule has 3 atom stereocenters. The highest BCUT2D eigenvalue weighted by molar-refractivity contribution is 5.77. The van der Waals surface area contributed by atoms with Crippen molar-refractivity contribution in [2.24, 2.45) is 11.7 Å². The van der Waals surface area contributed by atoms with E-state index in [1.807, 2.05) is 0 Å². The van der Waals surface area contributed by atoms with Crippen molar-refractivity contribution in [1.82, 2.24) is 0 Å². The van der Waals surface area contributed by atoms with Crippen molar-refractivity contribution in [3.05, 3.63) is 23.8 Å². The summed E-state index contributed by atoms with van der Waals surface area (Å²) >= 11 is 0. The molecule has 0 unspecified atom stereocenters. The van der Waals surface area contributed by atoms with E-state index >= 15 is 0 Å². The lowest BCUT2D eigenvalue weighted by Gasteiger charge is -2.26. The van der Waals surface area contributed by atoms with Gasteiger partial charge in [-0.2, -0.15) is 0 Å². The average Bonchev–Trinajstić information content (AvgIpc) is 2.85. The second-order valence-electron chi connectivity index (χ2n) is 8.87. The van der Waals surface area contributed by atoms with Gasteiger partial charge in [0.2, 0.25) is 0 Å². The number of carbonyl (C=O) groups is 4. The van der Waals surface area contributed by atoms with Crippen LogP contribution in [0.1, 0.15) is 78.2 Å². The summed E-state index contributed by atoms with van der Waals surface area (Å²) in [5.74, 6) is -1.76. The number of hydrogen-bond acceptors (Lipinski definition) is 9. The van der Waals surface area contributed by atoms with Crippen molar-refractivity contribution < 1.29 is 38.1 Å². The number of carbonyl (C=O) groups excluding carboxylic acids is 4. The zero-order chi connectivity index (χ0) is 26.0. The first-order valence-corrected chi connectivity index (χ1v) is 12.3. The van der Waals surface area contributed by atoms with Crippen molar-refractivity contribution in [3.8, 4) is 11.5 Å². The molecule has 1 fully saturated rings. The van der Waals surface area contributed by atoms with Gasteiger partial charge >= 0.3 is 23.9 Å². The van der Waals surface area contributed by atoms with Crippen molar-refractivity contribution in [1.29, 1.82) is 0 Å². The third-order valence-corrected chi connectivity index (χ3v) is 6.00. The second kappa shape index (κ2) is 13.8. The fraction of sp³-hybridized carbons (Fsp3) is 0.615. The van der Waals surface area contributed by atoms with Crippen molar-refractivity contribution in [2.75, 3.05) is 0 Å². The van der Waals surface area contributed by atoms with Gasteiger partial charge in [0.25, 0.3) is 0 Å². The molecule has 2 rings (SSSR count). The minimum absolute atomic E-state index is 0.0772. The third-order valence-electron chi connectivity index (χ3n) is 6.00. The summed E-state index contributed by atoms with van der Waals surface area (Å²) in [5.41, 5.74) is 6.65. The van der Waals surface area contributed by atoms with Crippen LogP contribution >= 0.6 is 0 Å². The molecule has 0 amide bonds. The lowest BCUT2D eigenvalue weighted by atomic mass is 9.89. The summed E-state index contributed by atoms with van der Waals surface area (Å²) in [7, 11) is 0. The molecule has 1 aromatic carbocycles. The van der Waals surface area contributed by atoms with E-state index in [2.05, 4.69) is 0 Å². The van der Waals surface area contributed by atoms with Gasteiger partial charge in [-0.25, -0.2) is 0 Å². The first-order valence-electron chi connectivity index (χ1n) is 12.3. The van der Waals surface area contributed by atoms with Crippen LogP contribution in [-0.2, 0) is 35.1 Å². The van der Waals surface area contributed by atoms with E-state index in [0.717, 1.165) is 32.1 Å². The third kappa shape index (κ3) is 8.98. The first-order chi connectivity index (χ1) is 16.6. The molecule has 0 aromatic heterocycles. The quantitative estimate of drug-likeness (QED) is 0.364. The number of esters is 4. The molecule has 9 nitrogen and oxygen atoms in total. The number of ether oxygens (including phenoxy) is 4. The predicted octanol–water partition coefficient (Wildman–Crippen LogP) is 3.63. The van der Waals surface area contributed by atoms with Crippen molar-refractivity contribution in [2.45, 2.75) is 97.3 Å². The van der Waals surface area contributed by atoms with Gasteiger partial charge in [0.05, 0.1) is 5.92 Å². The highest BCUT2D eigenvalue weighted by atomic mass is 16.6. The number of hydrogen-bond donors (Lipinski definition) is 1. The Hall–Kier alpha value is -2.94. The molecule has 0 heterocycles. The highest BCUT2D eigenvalue weighted by Gasteiger charge is 2.28. The van der Waals surface area contributed by atoms with Gasteiger partial charge in [-0.15, -0.1) is 0 Å². The van der Waals surface area contributed by atoms with Crippen LogP contribution in [0.2, 0.25) is 0 Å². The van der Waals surface area contributed by atoms with Crippen molar-refractivity contribution >= 4 is 23.9 Å². The Bertz CT molecular complexity index is 893. The maximum atomic E-state index is 12.6. The zero-order valence-corrected chi connectivity index (χ0v) is 21.0. The van der Waals surface area contributed by atoms with E-state index in [1.165, 1.54) is 12.1 Å². The molecule has 2 N–H and O–H groups in total. The number of nitrogens with two attached hydrogens (primary N) is 1. The summed E-state index contributed by atoms with van der Waals surface area (Å²) in [5, 5.41) is 0. The Balaban J connectivity index is 1.97. The maximum Gasteiger partial charge on any atom is 0.323 e. The first kappa shape index (κ1) is 28.3. The van der Waals surface area contributed by atoms with Crippen LogP contribution in [0.3, 0.4) is 0 Å². The largest absolute Gasteiger partial charge is 0.459 e. The van der Waals surface area contributed by atoms with E-state index in [9.17, 15) is 19.2 Å². The molecular formula is C26H37NO8. The summed E-state index contributed by atoms with van der Waals surface area (Å²) in [6.45, 7) is 6.64. The molecule has 35 heavy (non-hydrogen) atoms. The summed E-state index contributed by atoms with van der Waals surface area (Å²) in [6, 6.07) is 3.63. The van der Waals surface area contributed by atoms with Crippen LogP contribution in [0, 0.1) is 5.92 Å². The summed E-state index contributed by atoms with van der Waals surface area (Å²) in [4.78, 5) is 48.4. The van der Waals surface area contributed by atoms with Crippen LogP contribution < -0.4 is 15.2 Å². The van der Waals surface area contributed by atoms with Crippen LogP contribution in [0.4, 0.5) is 0 Å². The fourth-order valence-corrected chi connectivity index (χ4v) is 3.65. The van der Waals surface area contributed by atoms with Crippen LogP contribution in [-0.4, -0.2) is 42.1 Å². The number of benzene rings is 1. The van der Waals surface area contributed by atoms with Gasteiger partial charge in [-0.1, -0.05) is 39.2 Å². The molecule has 0 radical (unpaired) electrons. The van der Waals surface area contributed by atoms with E-state index < -0.39 is 36.2 Å². The minimum Gasteiger partial charge on any atom is -0.459 e. The standard InChI is InChI=1S/C26H37NO8/c1-5-23(28)34-21-13-12-18(15-22(21)35-24(29)6-2)14-20(27)26(31)33-17(4)16(3)32-25(30)19-10-8-7-9-11-19/h12-13,15-17,19-20H,5-11,14,27H2,1-4H3/t16-,17-,20-/m0/s1. The topological polar surface area (TPSA) is 131 Å². The van der Waals surface area contributed by atoms with Gasteiger partial charge in [-0.3, -0.25) is 19.2 Å². The molecule has 0 saturated heterocycles. The molecular weight excluding hydrogens is 454 g/mol.